The van der Waals surface area contributed by atoms with Gasteiger partial charge in [-0.05, 0) is 56.0 Å². The molecule has 0 aliphatic carbocycles. The summed E-state index contributed by atoms with van der Waals surface area (Å²) in [4.78, 5) is 30.7. The molecule has 1 amide bonds. The summed E-state index contributed by atoms with van der Waals surface area (Å²) in [5, 5.41) is 14.1. The van der Waals surface area contributed by atoms with E-state index in [2.05, 4.69) is 22.1 Å². The van der Waals surface area contributed by atoms with Gasteiger partial charge in [0, 0.05) is 32.2 Å². The van der Waals surface area contributed by atoms with E-state index in [-0.39, 0.29) is 17.6 Å². The molecule has 1 unspecified atom stereocenters. The summed E-state index contributed by atoms with van der Waals surface area (Å²) in [6.45, 7) is 7.23. The van der Waals surface area contributed by atoms with E-state index in [1.807, 2.05) is 41.8 Å². The number of aliphatic hydroxyl groups is 1. The number of fused-ring (bicyclic) bond motifs is 1. The number of benzene rings is 2. The van der Waals surface area contributed by atoms with Crippen molar-refractivity contribution in [3.05, 3.63) is 64.1 Å². The number of aliphatic hydroxyl groups excluding tert-OH is 1. The molecule has 1 atom stereocenters. The molecule has 1 aliphatic rings. The van der Waals surface area contributed by atoms with Crippen LogP contribution in [-0.2, 0) is 0 Å². The summed E-state index contributed by atoms with van der Waals surface area (Å²) in [7, 11) is 0. The Morgan fingerprint density at radius 2 is 1.87 bits per heavy atom. The van der Waals surface area contributed by atoms with Crippen LogP contribution in [0.3, 0.4) is 0 Å². The molecule has 1 saturated heterocycles. The number of imidazole rings is 1. The average Bonchev–Trinajstić information content (AvgIpc) is 3.27. The molecule has 1 fully saturated rings. The molecule has 1 aliphatic heterocycles. The second-order valence-corrected chi connectivity index (χ2v) is 10.2. The molecule has 0 spiro atoms. The van der Waals surface area contributed by atoms with Gasteiger partial charge < -0.3 is 25.0 Å². The number of unbranched alkanes of at least 4 members (excludes halogenated alkanes) is 4. The van der Waals surface area contributed by atoms with E-state index in [9.17, 15) is 14.7 Å². The van der Waals surface area contributed by atoms with Crippen LogP contribution in [-0.4, -0.2) is 58.3 Å². The molecule has 8 nitrogen and oxygen atoms in total. The minimum Gasteiger partial charge on any atom is -0.493 e. The Bertz CT molecular complexity index is 1240. The highest BCUT2D eigenvalue weighted by Gasteiger charge is 2.25. The Hall–Kier alpha value is -3.10. The zero-order chi connectivity index (χ0) is 26.9. The molecule has 8 heteroatoms. The SMILES string of the molecule is CCCCCCCNC(=O)c1cc(C(O)CN2CCC(n3c(=O)[nH]c4ccccc43)CC2)ccc1OCC. The van der Waals surface area contributed by atoms with Gasteiger partial charge in [-0.15, -0.1) is 0 Å². The molecular weight excluding hydrogens is 480 g/mol. The zero-order valence-electron chi connectivity index (χ0n) is 22.7. The lowest BCUT2D eigenvalue weighted by atomic mass is 10.0. The Morgan fingerprint density at radius 1 is 1.11 bits per heavy atom. The van der Waals surface area contributed by atoms with Crippen LogP contribution < -0.4 is 15.7 Å². The topological polar surface area (TPSA) is 99.6 Å². The number of β-amino-alcohol motifs (C(OH)–C–C–N with tert-alkyl or cyclic N) is 1. The van der Waals surface area contributed by atoms with E-state index in [4.69, 9.17) is 4.74 Å². The lowest BCUT2D eigenvalue weighted by Crippen LogP contribution is -2.39. The van der Waals surface area contributed by atoms with Gasteiger partial charge in [-0.1, -0.05) is 50.8 Å². The second kappa shape index (κ2) is 13.6. The fourth-order valence-electron chi connectivity index (χ4n) is 5.39. The third-order valence-corrected chi connectivity index (χ3v) is 7.48. The number of carbonyl (C=O) groups excluding carboxylic acids is 1. The smallest absolute Gasteiger partial charge is 0.326 e. The van der Waals surface area contributed by atoms with Gasteiger partial charge in [0.05, 0.1) is 29.3 Å². The number of hydrogen-bond acceptors (Lipinski definition) is 5. The molecular formula is C30H42N4O4. The number of amides is 1. The predicted molar refractivity (Wildman–Crippen MR) is 151 cm³/mol. The summed E-state index contributed by atoms with van der Waals surface area (Å²) in [5.74, 6) is 0.375. The van der Waals surface area contributed by atoms with Gasteiger partial charge in [0.25, 0.3) is 5.91 Å². The standard InChI is InChI=1S/C30H42N4O4/c1-3-5-6-7-10-17-31-29(36)24-20-22(13-14-28(24)38-4-2)27(35)21-33-18-15-23(16-19-33)34-26-12-9-8-11-25(26)32-30(34)37/h8-9,11-14,20,23,27,35H,3-7,10,15-19,21H2,1-2H3,(H,31,36)(H,32,37). The summed E-state index contributed by atoms with van der Waals surface area (Å²) in [6.07, 6.45) is 6.62. The van der Waals surface area contributed by atoms with Crippen LogP contribution in [0.1, 0.15) is 86.9 Å². The van der Waals surface area contributed by atoms with Crippen molar-refractivity contribution in [2.24, 2.45) is 0 Å². The fraction of sp³-hybridized carbons (Fsp3) is 0.533. The number of aromatic amines is 1. The highest BCUT2D eigenvalue weighted by molar-refractivity contribution is 5.97. The van der Waals surface area contributed by atoms with Crippen molar-refractivity contribution in [1.82, 2.24) is 19.8 Å². The number of likely N-dealkylation sites (tertiary alicyclic amines) is 1. The van der Waals surface area contributed by atoms with Gasteiger partial charge in [0.15, 0.2) is 0 Å². The van der Waals surface area contributed by atoms with Gasteiger partial charge in [-0.2, -0.15) is 0 Å². The number of hydrogen-bond donors (Lipinski definition) is 3. The number of piperidine rings is 1. The van der Waals surface area contributed by atoms with Crippen LogP contribution in [0.4, 0.5) is 0 Å². The molecule has 1 aromatic heterocycles. The molecule has 38 heavy (non-hydrogen) atoms. The van der Waals surface area contributed by atoms with E-state index in [1.54, 1.807) is 12.1 Å². The molecule has 3 N–H and O–H groups in total. The van der Waals surface area contributed by atoms with Crippen molar-refractivity contribution in [3.63, 3.8) is 0 Å². The Balaban J connectivity index is 1.35. The van der Waals surface area contributed by atoms with Crippen molar-refractivity contribution in [2.75, 3.05) is 32.8 Å². The maximum Gasteiger partial charge on any atom is 0.326 e. The first-order chi connectivity index (χ1) is 18.5. The van der Waals surface area contributed by atoms with Crippen molar-refractivity contribution < 1.29 is 14.6 Å². The Kier molecular flexibility index (Phi) is 10.0. The predicted octanol–water partition coefficient (Wildman–Crippen LogP) is 4.80. The van der Waals surface area contributed by atoms with Crippen molar-refractivity contribution in [3.8, 4) is 5.75 Å². The molecule has 2 heterocycles. The summed E-state index contributed by atoms with van der Waals surface area (Å²) in [6, 6.07) is 13.3. The number of nitrogens with zero attached hydrogens (tertiary/aromatic N) is 2. The lowest BCUT2D eigenvalue weighted by Gasteiger charge is -2.33. The maximum atomic E-state index is 12.9. The normalized spacial score (nSPS) is 15.6. The largest absolute Gasteiger partial charge is 0.493 e. The first-order valence-corrected chi connectivity index (χ1v) is 14.2. The minimum absolute atomic E-state index is 0.0640. The maximum absolute atomic E-state index is 12.9. The lowest BCUT2D eigenvalue weighted by molar-refractivity contribution is 0.0901. The first kappa shape index (κ1) is 27.9. The molecule has 206 valence electrons. The molecule has 2 aromatic carbocycles. The van der Waals surface area contributed by atoms with Gasteiger partial charge in [0.2, 0.25) is 0 Å². The number of aromatic nitrogens is 2. The second-order valence-electron chi connectivity index (χ2n) is 10.2. The van der Waals surface area contributed by atoms with E-state index in [0.717, 1.165) is 49.8 Å². The number of carbonyl (C=O) groups is 1. The van der Waals surface area contributed by atoms with Crippen LogP contribution in [0.25, 0.3) is 11.0 Å². The number of H-pyrrole nitrogens is 1. The number of para-hydroxylation sites is 2. The van der Waals surface area contributed by atoms with Crippen LogP contribution in [0.2, 0.25) is 0 Å². The van der Waals surface area contributed by atoms with E-state index in [1.165, 1.54) is 19.3 Å². The van der Waals surface area contributed by atoms with Gasteiger partial charge in [0.1, 0.15) is 5.75 Å². The average molecular weight is 523 g/mol. The van der Waals surface area contributed by atoms with Gasteiger partial charge in [-0.25, -0.2) is 4.79 Å². The minimum atomic E-state index is -0.723. The molecule has 4 rings (SSSR count). The zero-order valence-corrected chi connectivity index (χ0v) is 22.7. The summed E-state index contributed by atoms with van der Waals surface area (Å²) in [5.41, 5.74) is 2.91. The molecule has 0 bridgehead atoms. The number of nitrogens with one attached hydrogen (secondary N) is 2. The number of ether oxygens (including phenoxy) is 1. The summed E-state index contributed by atoms with van der Waals surface area (Å²) >= 11 is 0. The molecule has 0 saturated carbocycles. The quantitative estimate of drug-likeness (QED) is 0.280. The first-order valence-electron chi connectivity index (χ1n) is 14.2. The van der Waals surface area contributed by atoms with Crippen LogP contribution in [0.5, 0.6) is 5.75 Å². The van der Waals surface area contributed by atoms with Crippen molar-refractivity contribution >= 4 is 16.9 Å². The van der Waals surface area contributed by atoms with Gasteiger partial charge in [-0.3, -0.25) is 9.36 Å². The van der Waals surface area contributed by atoms with Crippen LogP contribution >= 0.6 is 0 Å². The molecule has 3 aromatic rings. The third-order valence-electron chi connectivity index (χ3n) is 7.48. The number of rotatable bonds is 13. The van der Waals surface area contributed by atoms with E-state index < -0.39 is 6.10 Å². The fourth-order valence-corrected chi connectivity index (χ4v) is 5.39. The van der Waals surface area contributed by atoms with E-state index >= 15 is 0 Å². The highest BCUT2D eigenvalue weighted by atomic mass is 16.5. The third kappa shape index (κ3) is 6.85. The van der Waals surface area contributed by atoms with Crippen LogP contribution in [0.15, 0.2) is 47.3 Å². The van der Waals surface area contributed by atoms with E-state index in [0.29, 0.717) is 36.6 Å². The van der Waals surface area contributed by atoms with Crippen molar-refractivity contribution in [2.45, 2.75) is 70.9 Å². The highest BCUT2D eigenvalue weighted by Crippen LogP contribution is 2.28. The Labute approximate surface area is 225 Å². The molecule has 0 radical (unpaired) electrons. The summed E-state index contributed by atoms with van der Waals surface area (Å²) < 4.78 is 7.59. The van der Waals surface area contributed by atoms with Gasteiger partial charge >= 0.3 is 5.69 Å². The van der Waals surface area contributed by atoms with Crippen LogP contribution in [0, 0.1) is 0 Å². The monoisotopic (exact) mass is 522 g/mol. The Morgan fingerprint density at radius 3 is 2.63 bits per heavy atom. The van der Waals surface area contributed by atoms with Crippen molar-refractivity contribution in [1.29, 1.82) is 0 Å².